The number of likely N-dealkylation sites (N-methyl/N-ethyl adjacent to an activating group) is 1. The molecule has 3 heteroatoms. The highest BCUT2D eigenvalue weighted by atomic mass is 32.1. The minimum Gasteiger partial charge on any atom is -0.308 e. The van der Waals surface area contributed by atoms with E-state index in [2.05, 4.69) is 79.9 Å². The van der Waals surface area contributed by atoms with E-state index in [-0.39, 0.29) is 0 Å². The van der Waals surface area contributed by atoms with Crippen LogP contribution in [0, 0.1) is 6.92 Å². The number of nitrogens with zero attached hydrogens (tertiary/aromatic N) is 1. The van der Waals surface area contributed by atoms with Crippen molar-refractivity contribution in [3.63, 3.8) is 0 Å². The van der Waals surface area contributed by atoms with Crippen LogP contribution in [0.25, 0.3) is 0 Å². The van der Waals surface area contributed by atoms with Crippen molar-refractivity contribution >= 4 is 11.3 Å². The predicted molar refractivity (Wildman–Crippen MR) is 88.3 cm³/mol. The van der Waals surface area contributed by atoms with Crippen LogP contribution in [-0.4, -0.2) is 25.5 Å². The van der Waals surface area contributed by atoms with Crippen molar-refractivity contribution in [2.45, 2.75) is 25.9 Å². The van der Waals surface area contributed by atoms with Crippen molar-refractivity contribution in [1.82, 2.24) is 10.2 Å². The molecule has 2 rings (SSSR count). The maximum Gasteiger partial charge on any atom is 0.0467 e. The molecule has 0 spiro atoms. The van der Waals surface area contributed by atoms with Gasteiger partial charge in [-0.05, 0) is 50.5 Å². The summed E-state index contributed by atoms with van der Waals surface area (Å²) in [5.74, 6) is 0. The molecule has 1 aromatic carbocycles. The molecule has 0 bridgehead atoms. The van der Waals surface area contributed by atoms with Crippen molar-refractivity contribution in [3.8, 4) is 0 Å². The SMILES string of the molecule is Cc1ccsc1C(C)NCC(c1ccccc1)N(C)C. The maximum absolute atomic E-state index is 3.67. The number of hydrogen-bond donors (Lipinski definition) is 1. The number of hydrogen-bond acceptors (Lipinski definition) is 3. The smallest absolute Gasteiger partial charge is 0.0467 e. The van der Waals surface area contributed by atoms with E-state index in [1.165, 1.54) is 16.0 Å². The van der Waals surface area contributed by atoms with E-state index in [1.54, 1.807) is 0 Å². The molecule has 0 saturated carbocycles. The molecule has 0 aliphatic rings. The number of benzene rings is 1. The Bertz CT molecular complexity index is 519. The first-order valence-electron chi connectivity index (χ1n) is 7.08. The van der Waals surface area contributed by atoms with Gasteiger partial charge in [0.15, 0.2) is 0 Å². The lowest BCUT2D eigenvalue weighted by Gasteiger charge is -2.27. The summed E-state index contributed by atoms with van der Waals surface area (Å²) in [5, 5.41) is 5.84. The Morgan fingerprint density at radius 2 is 1.85 bits per heavy atom. The topological polar surface area (TPSA) is 15.3 Å². The quantitative estimate of drug-likeness (QED) is 0.864. The molecular weight excluding hydrogens is 264 g/mol. The van der Waals surface area contributed by atoms with Gasteiger partial charge in [0, 0.05) is 23.5 Å². The Morgan fingerprint density at radius 1 is 1.15 bits per heavy atom. The highest BCUT2D eigenvalue weighted by molar-refractivity contribution is 7.10. The van der Waals surface area contributed by atoms with Crippen LogP contribution in [0.3, 0.4) is 0 Å². The summed E-state index contributed by atoms with van der Waals surface area (Å²) < 4.78 is 0. The first kappa shape index (κ1) is 15.2. The lowest BCUT2D eigenvalue weighted by Crippen LogP contribution is -2.32. The van der Waals surface area contributed by atoms with Crippen molar-refractivity contribution in [2.75, 3.05) is 20.6 Å². The third-order valence-corrected chi connectivity index (χ3v) is 4.92. The minimum absolute atomic E-state index is 0.402. The van der Waals surface area contributed by atoms with Crippen molar-refractivity contribution < 1.29 is 0 Å². The van der Waals surface area contributed by atoms with Crippen LogP contribution in [0.4, 0.5) is 0 Å². The van der Waals surface area contributed by atoms with Gasteiger partial charge in [0.2, 0.25) is 0 Å². The normalized spacial score (nSPS) is 14.4. The molecule has 20 heavy (non-hydrogen) atoms. The van der Waals surface area contributed by atoms with Crippen molar-refractivity contribution in [2.24, 2.45) is 0 Å². The van der Waals surface area contributed by atoms with Gasteiger partial charge in [-0.1, -0.05) is 30.3 Å². The standard InChI is InChI=1S/C17H24N2S/c1-13-10-11-20-17(13)14(2)18-12-16(19(3)4)15-8-6-5-7-9-15/h5-11,14,16,18H,12H2,1-4H3. The van der Waals surface area contributed by atoms with E-state index in [9.17, 15) is 0 Å². The Kier molecular flexibility index (Phi) is 5.35. The molecule has 108 valence electrons. The van der Waals surface area contributed by atoms with Gasteiger partial charge in [-0.2, -0.15) is 0 Å². The second-order valence-corrected chi connectivity index (χ2v) is 6.44. The van der Waals surface area contributed by atoms with Crippen molar-refractivity contribution in [1.29, 1.82) is 0 Å². The fraction of sp³-hybridized carbons (Fsp3) is 0.412. The molecule has 0 aliphatic heterocycles. The van der Waals surface area contributed by atoms with Gasteiger partial charge in [0.1, 0.15) is 0 Å². The molecule has 1 N–H and O–H groups in total. The lowest BCUT2D eigenvalue weighted by atomic mass is 10.1. The molecule has 1 aromatic heterocycles. The fourth-order valence-corrected chi connectivity index (χ4v) is 3.44. The summed E-state index contributed by atoms with van der Waals surface area (Å²) in [6.45, 7) is 5.39. The van der Waals surface area contributed by atoms with Gasteiger partial charge in [-0.15, -0.1) is 11.3 Å². The van der Waals surface area contributed by atoms with Crippen LogP contribution in [-0.2, 0) is 0 Å². The Balaban J connectivity index is 2.02. The number of rotatable bonds is 6. The highest BCUT2D eigenvalue weighted by Gasteiger charge is 2.16. The third kappa shape index (κ3) is 3.69. The van der Waals surface area contributed by atoms with Crippen LogP contribution in [0.2, 0.25) is 0 Å². The van der Waals surface area contributed by atoms with Crippen LogP contribution < -0.4 is 5.32 Å². The first-order valence-corrected chi connectivity index (χ1v) is 7.96. The molecule has 2 unspecified atom stereocenters. The van der Waals surface area contributed by atoms with Gasteiger partial charge in [0.05, 0.1) is 0 Å². The van der Waals surface area contributed by atoms with Gasteiger partial charge in [0.25, 0.3) is 0 Å². The van der Waals surface area contributed by atoms with Gasteiger partial charge >= 0.3 is 0 Å². The van der Waals surface area contributed by atoms with E-state index >= 15 is 0 Å². The Morgan fingerprint density at radius 3 is 2.40 bits per heavy atom. The molecule has 0 radical (unpaired) electrons. The van der Waals surface area contributed by atoms with E-state index in [0.29, 0.717) is 12.1 Å². The average Bonchev–Trinajstić information content (AvgIpc) is 2.86. The van der Waals surface area contributed by atoms with E-state index in [1.807, 2.05) is 11.3 Å². The molecule has 2 aromatic rings. The zero-order chi connectivity index (χ0) is 14.5. The Hall–Kier alpha value is -1.16. The summed E-state index contributed by atoms with van der Waals surface area (Å²) >= 11 is 1.84. The van der Waals surface area contributed by atoms with E-state index in [0.717, 1.165) is 6.54 Å². The average molecular weight is 288 g/mol. The Labute approximate surface area is 126 Å². The van der Waals surface area contributed by atoms with Crippen molar-refractivity contribution in [3.05, 3.63) is 57.8 Å². The van der Waals surface area contributed by atoms with Crippen LogP contribution in [0.5, 0.6) is 0 Å². The molecule has 2 atom stereocenters. The molecule has 0 aliphatic carbocycles. The van der Waals surface area contributed by atoms with E-state index in [4.69, 9.17) is 0 Å². The lowest BCUT2D eigenvalue weighted by molar-refractivity contribution is 0.282. The largest absolute Gasteiger partial charge is 0.308 e. The van der Waals surface area contributed by atoms with Gasteiger partial charge < -0.3 is 10.2 Å². The first-order chi connectivity index (χ1) is 9.59. The molecule has 0 saturated heterocycles. The maximum atomic E-state index is 3.67. The van der Waals surface area contributed by atoms with Gasteiger partial charge in [-0.25, -0.2) is 0 Å². The molecular formula is C17H24N2S. The summed E-state index contributed by atoms with van der Waals surface area (Å²) in [5.41, 5.74) is 2.75. The molecule has 2 nitrogen and oxygen atoms in total. The number of thiophene rings is 1. The molecule has 0 fully saturated rings. The summed E-state index contributed by atoms with van der Waals surface area (Å²) in [7, 11) is 4.28. The minimum atomic E-state index is 0.402. The second-order valence-electron chi connectivity index (χ2n) is 5.49. The zero-order valence-corrected chi connectivity index (χ0v) is 13.6. The third-order valence-electron chi connectivity index (χ3n) is 3.72. The summed E-state index contributed by atoms with van der Waals surface area (Å²) in [4.78, 5) is 3.71. The van der Waals surface area contributed by atoms with Crippen LogP contribution in [0.1, 0.15) is 35.0 Å². The van der Waals surface area contributed by atoms with Crippen LogP contribution >= 0.6 is 11.3 Å². The summed E-state index contributed by atoms with van der Waals surface area (Å²) in [6, 6.07) is 13.7. The number of nitrogens with one attached hydrogen (secondary N) is 1. The molecule has 1 heterocycles. The monoisotopic (exact) mass is 288 g/mol. The zero-order valence-electron chi connectivity index (χ0n) is 12.8. The van der Waals surface area contributed by atoms with Crippen LogP contribution in [0.15, 0.2) is 41.8 Å². The number of aryl methyl sites for hydroxylation is 1. The van der Waals surface area contributed by atoms with Gasteiger partial charge in [-0.3, -0.25) is 0 Å². The second kappa shape index (κ2) is 7.02. The predicted octanol–water partition coefficient (Wildman–Crippen LogP) is 4.01. The molecule has 0 amide bonds. The van der Waals surface area contributed by atoms with E-state index < -0.39 is 0 Å². The fourth-order valence-electron chi connectivity index (χ4n) is 2.48. The summed E-state index contributed by atoms with van der Waals surface area (Å²) in [6.07, 6.45) is 0. The highest BCUT2D eigenvalue weighted by Crippen LogP contribution is 2.24.